The molecule has 0 saturated heterocycles. The van der Waals surface area contributed by atoms with E-state index in [0.717, 1.165) is 36.1 Å². The number of unbranched alkanes of at least 4 members (excludes halogenated alkanes) is 1. The second-order valence-corrected chi connectivity index (χ2v) is 7.41. The average Bonchev–Trinajstić information content (AvgIpc) is 2.94. The summed E-state index contributed by atoms with van der Waals surface area (Å²) in [7, 11) is 0. The van der Waals surface area contributed by atoms with Crippen LogP contribution in [0.4, 0.5) is 14.5 Å². The van der Waals surface area contributed by atoms with Crippen molar-refractivity contribution in [3.05, 3.63) is 65.2 Å². The summed E-state index contributed by atoms with van der Waals surface area (Å²) in [4.78, 5) is 12.4. The highest BCUT2D eigenvalue weighted by Crippen LogP contribution is 2.42. The van der Waals surface area contributed by atoms with Gasteiger partial charge in [0, 0.05) is 12.0 Å². The molecule has 2 unspecified atom stereocenters. The van der Waals surface area contributed by atoms with Gasteiger partial charge in [0.25, 0.3) is 0 Å². The molecule has 1 aliphatic heterocycles. The molecule has 1 heterocycles. The molecule has 0 fully saturated rings. The Balaban J connectivity index is 2.17. The van der Waals surface area contributed by atoms with Gasteiger partial charge in [-0.25, -0.2) is 18.6 Å². The second-order valence-electron chi connectivity index (χ2n) is 7.41. The standard InChI is InChI=1S/C22H24F2N2O2/c1-4-5-6-17-20(15-9-7-14(2)8-10-15)25-26(22(17,3)21(27)28)19-12-11-16(23)13-18(19)24/h7-13,17H,4-6H2,1-3H3,(H,27,28). The first-order valence-corrected chi connectivity index (χ1v) is 9.43. The SMILES string of the molecule is CCCCC1C(c2ccc(C)cc2)=NN(c2ccc(F)cc2F)C1(C)C(=O)O. The molecule has 0 radical (unpaired) electrons. The zero-order valence-electron chi connectivity index (χ0n) is 16.2. The fraction of sp³-hybridized carbons (Fsp3) is 0.364. The summed E-state index contributed by atoms with van der Waals surface area (Å²) in [6.07, 6.45) is 2.32. The van der Waals surface area contributed by atoms with Gasteiger partial charge in [-0.2, -0.15) is 5.10 Å². The minimum atomic E-state index is -1.48. The van der Waals surface area contributed by atoms with Gasteiger partial charge in [-0.3, -0.25) is 0 Å². The van der Waals surface area contributed by atoms with Crippen LogP contribution < -0.4 is 5.01 Å². The first kappa shape index (κ1) is 20.0. The van der Waals surface area contributed by atoms with E-state index in [9.17, 15) is 18.7 Å². The van der Waals surface area contributed by atoms with Crippen LogP contribution in [0.15, 0.2) is 47.6 Å². The summed E-state index contributed by atoms with van der Waals surface area (Å²) in [6.45, 7) is 5.56. The summed E-state index contributed by atoms with van der Waals surface area (Å²) < 4.78 is 27.9. The van der Waals surface area contributed by atoms with Gasteiger partial charge in [-0.05, 0) is 38.0 Å². The van der Waals surface area contributed by atoms with E-state index in [-0.39, 0.29) is 5.69 Å². The molecule has 2 aromatic carbocycles. The molecule has 0 spiro atoms. The molecule has 3 rings (SSSR count). The lowest BCUT2D eigenvalue weighted by Crippen LogP contribution is -2.53. The third-order valence-corrected chi connectivity index (χ3v) is 5.42. The first-order valence-electron chi connectivity index (χ1n) is 9.43. The van der Waals surface area contributed by atoms with Crippen molar-refractivity contribution in [1.29, 1.82) is 0 Å². The van der Waals surface area contributed by atoms with Crippen LogP contribution in [-0.2, 0) is 4.79 Å². The number of halogens is 2. The zero-order valence-corrected chi connectivity index (χ0v) is 16.2. The smallest absolute Gasteiger partial charge is 0.332 e. The van der Waals surface area contributed by atoms with Crippen LogP contribution in [0.5, 0.6) is 0 Å². The van der Waals surface area contributed by atoms with Crippen molar-refractivity contribution < 1.29 is 18.7 Å². The zero-order chi connectivity index (χ0) is 20.5. The van der Waals surface area contributed by atoms with Gasteiger partial charge in [0.2, 0.25) is 0 Å². The minimum absolute atomic E-state index is 0.0464. The van der Waals surface area contributed by atoms with Crippen LogP contribution in [0.25, 0.3) is 0 Å². The molecule has 2 atom stereocenters. The van der Waals surface area contributed by atoms with Crippen LogP contribution in [0.1, 0.15) is 44.2 Å². The summed E-state index contributed by atoms with van der Waals surface area (Å²) >= 11 is 0. The molecular weight excluding hydrogens is 362 g/mol. The van der Waals surface area contributed by atoms with Crippen molar-refractivity contribution >= 4 is 17.4 Å². The molecule has 6 heteroatoms. The maximum Gasteiger partial charge on any atom is 0.332 e. The quantitative estimate of drug-likeness (QED) is 0.747. The summed E-state index contributed by atoms with van der Waals surface area (Å²) in [5.74, 6) is -3.08. The van der Waals surface area contributed by atoms with E-state index >= 15 is 0 Å². The Morgan fingerprint density at radius 1 is 1.21 bits per heavy atom. The lowest BCUT2D eigenvalue weighted by molar-refractivity contribution is -0.143. The van der Waals surface area contributed by atoms with Gasteiger partial charge < -0.3 is 5.11 Å². The Kier molecular flexibility index (Phi) is 5.49. The van der Waals surface area contributed by atoms with Gasteiger partial charge in [-0.15, -0.1) is 0 Å². The highest BCUT2D eigenvalue weighted by atomic mass is 19.1. The number of hydrogen-bond donors (Lipinski definition) is 1. The van der Waals surface area contributed by atoms with Crippen molar-refractivity contribution in [2.75, 3.05) is 5.01 Å². The van der Waals surface area contributed by atoms with Crippen molar-refractivity contribution in [2.45, 2.75) is 45.6 Å². The number of carboxylic acid groups (broad SMARTS) is 1. The molecule has 28 heavy (non-hydrogen) atoms. The van der Waals surface area contributed by atoms with Crippen LogP contribution in [0.2, 0.25) is 0 Å². The summed E-state index contributed by atoms with van der Waals surface area (Å²) in [6, 6.07) is 10.8. The molecule has 148 valence electrons. The number of carbonyl (C=O) groups is 1. The topological polar surface area (TPSA) is 52.9 Å². The number of hydrazone groups is 1. The number of nitrogens with zero attached hydrogens (tertiary/aromatic N) is 2. The van der Waals surface area contributed by atoms with Gasteiger partial charge in [0.15, 0.2) is 11.4 Å². The Hall–Kier alpha value is -2.76. The van der Waals surface area contributed by atoms with E-state index in [0.29, 0.717) is 12.1 Å². The Morgan fingerprint density at radius 2 is 1.89 bits per heavy atom. The van der Waals surface area contributed by atoms with Gasteiger partial charge >= 0.3 is 5.97 Å². The summed E-state index contributed by atoms with van der Waals surface area (Å²) in [5, 5.41) is 15.9. The van der Waals surface area contributed by atoms with E-state index in [1.54, 1.807) is 6.92 Å². The lowest BCUT2D eigenvalue weighted by Gasteiger charge is -2.35. The largest absolute Gasteiger partial charge is 0.479 e. The Morgan fingerprint density at radius 3 is 2.46 bits per heavy atom. The number of hydrogen-bond acceptors (Lipinski definition) is 3. The van der Waals surface area contributed by atoms with Crippen molar-refractivity contribution in [3.63, 3.8) is 0 Å². The van der Waals surface area contributed by atoms with Crippen molar-refractivity contribution in [3.8, 4) is 0 Å². The number of benzene rings is 2. The van der Waals surface area contributed by atoms with E-state index in [4.69, 9.17) is 0 Å². The maximum absolute atomic E-state index is 14.5. The number of aliphatic carboxylic acids is 1. The monoisotopic (exact) mass is 386 g/mol. The molecule has 0 aromatic heterocycles. The molecule has 0 saturated carbocycles. The number of rotatable bonds is 6. The Bertz CT molecular complexity index is 911. The number of carboxylic acids is 1. The van der Waals surface area contributed by atoms with Crippen LogP contribution >= 0.6 is 0 Å². The predicted octanol–water partition coefficient (Wildman–Crippen LogP) is 5.15. The third kappa shape index (κ3) is 3.39. The van der Waals surface area contributed by atoms with Crippen LogP contribution in [0, 0.1) is 24.5 Å². The maximum atomic E-state index is 14.5. The molecule has 1 aliphatic rings. The van der Waals surface area contributed by atoms with E-state index in [1.165, 1.54) is 11.1 Å². The molecule has 1 N–H and O–H groups in total. The van der Waals surface area contributed by atoms with E-state index in [1.807, 2.05) is 38.1 Å². The molecule has 4 nitrogen and oxygen atoms in total. The van der Waals surface area contributed by atoms with Crippen LogP contribution in [-0.4, -0.2) is 22.3 Å². The van der Waals surface area contributed by atoms with E-state index in [2.05, 4.69) is 5.10 Å². The van der Waals surface area contributed by atoms with Gasteiger partial charge in [0.05, 0.1) is 11.4 Å². The highest BCUT2D eigenvalue weighted by molar-refractivity contribution is 6.09. The minimum Gasteiger partial charge on any atom is -0.479 e. The summed E-state index contributed by atoms with van der Waals surface area (Å²) in [5.41, 5.74) is 0.977. The fourth-order valence-electron chi connectivity index (χ4n) is 3.70. The predicted molar refractivity (Wildman–Crippen MR) is 106 cm³/mol. The molecule has 0 bridgehead atoms. The molecule has 2 aromatic rings. The Labute approximate surface area is 163 Å². The van der Waals surface area contributed by atoms with Gasteiger partial charge in [0.1, 0.15) is 5.82 Å². The lowest BCUT2D eigenvalue weighted by atomic mass is 9.77. The number of aryl methyl sites for hydroxylation is 1. The second kappa shape index (κ2) is 7.70. The molecule has 0 aliphatic carbocycles. The fourth-order valence-corrected chi connectivity index (χ4v) is 3.70. The van der Waals surface area contributed by atoms with E-state index < -0.39 is 29.1 Å². The molecular formula is C22H24F2N2O2. The third-order valence-electron chi connectivity index (χ3n) is 5.42. The average molecular weight is 386 g/mol. The molecule has 0 amide bonds. The number of anilines is 1. The van der Waals surface area contributed by atoms with Crippen LogP contribution in [0.3, 0.4) is 0 Å². The van der Waals surface area contributed by atoms with Crippen molar-refractivity contribution in [1.82, 2.24) is 0 Å². The first-order chi connectivity index (χ1) is 13.3. The van der Waals surface area contributed by atoms with Gasteiger partial charge in [-0.1, -0.05) is 49.6 Å². The van der Waals surface area contributed by atoms with Crippen molar-refractivity contribution in [2.24, 2.45) is 11.0 Å². The normalized spacial score (nSPS) is 21.7. The highest BCUT2D eigenvalue weighted by Gasteiger charge is 2.54.